The van der Waals surface area contributed by atoms with E-state index in [2.05, 4.69) is 20.1 Å². The van der Waals surface area contributed by atoms with E-state index in [9.17, 15) is 23.2 Å². The number of hydrogen-bond donors (Lipinski definition) is 2. The SMILES string of the molecule is CCOC(=O)c1[nH]c(=O)n(CCCCCN2CCN(c3ccccc3C(=O)NC)CC2)c1-c1ccc(F)c(F)c1. The number of esters is 1. The largest absolute Gasteiger partial charge is 0.461 e. The minimum absolute atomic E-state index is 0.0753. The number of H-pyrrole nitrogens is 1. The highest BCUT2D eigenvalue weighted by Crippen LogP contribution is 2.25. The lowest BCUT2D eigenvalue weighted by atomic mass is 10.1. The Labute approximate surface area is 231 Å². The number of aromatic nitrogens is 2. The molecule has 0 radical (unpaired) electrons. The number of para-hydroxylation sites is 1. The van der Waals surface area contributed by atoms with E-state index in [0.29, 0.717) is 18.5 Å². The van der Waals surface area contributed by atoms with Crippen LogP contribution in [0.5, 0.6) is 0 Å². The molecule has 40 heavy (non-hydrogen) atoms. The van der Waals surface area contributed by atoms with Crippen molar-refractivity contribution in [3.05, 3.63) is 75.8 Å². The monoisotopic (exact) mass is 555 g/mol. The van der Waals surface area contributed by atoms with Crippen molar-refractivity contribution in [2.75, 3.05) is 51.3 Å². The first-order valence-corrected chi connectivity index (χ1v) is 13.6. The molecule has 11 heteroatoms. The fraction of sp³-hybridized carbons (Fsp3) is 0.414. The van der Waals surface area contributed by atoms with Crippen LogP contribution in [0.3, 0.4) is 0 Å². The average molecular weight is 556 g/mol. The van der Waals surface area contributed by atoms with Crippen LogP contribution in [0, 0.1) is 11.6 Å². The van der Waals surface area contributed by atoms with E-state index in [1.807, 2.05) is 24.3 Å². The summed E-state index contributed by atoms with van der Waals surface area (Å²) in [7, 11) is 1.63. The summed E-state index contributed by atoms with van der Waals surface area (Å²) >= 11 is 0. The minimum Gasteiger partial charge on any atom is -0.461 e. The van der Waals surface area contributed by atoms with Crippen LogP contribution in [0.25, 0.3) is 11.3 Å². The van der Waals surface area contributed by atoms with Crippen molar-refractivity contribution in [1.29, 1.82) is 0 Å². The van der Waals surface area contributed by atoms with Gasteiger partial charge < -0.3 is 15.0 Å². The zero-order chi connectivity index (χ0) is 28.6. The fourth-order valence-electron chi connectivity index (χ4n) is 5.05. The number of carbonyl (C=O) groups excluding carboxylic acids is 2. The maximum Gasteiger partial charge on any atom is 0.357 e. The third-order valence-electron chi connectivity index (χ3n) is 7.10. The Morgan fingerprint density at radius 3 is 2.40 bits per heavy atom. The zero-order valence-electron chi connectivity index (χ0n) is 22.8. The predicted molar refractivity (Wildman–Crippen MR) is 149 cm³/mol. The van der Waals surface area contributed by atoms with Crippen LogP contribution in [0.4, 0.5) is 14.5 Å². The number of halogens is 2. The van der Waals surface area contributed by atoms with Gasteiger partial charge in [-0.1, -0.05) is 18.6 Å². The first kappa shape index (κ1) is 29.0. The van der Waals surface area contributed by atoms with Crippen LogP contribution < -0.4 is 15.9 Å². The molecule has 1 amide bonds. The van der Waals surface area contributed by atoms with Crippen LogP contribution in [0.2, 0.25) is 0 Å². The molecule has 1 aromatic heterocycles. The highest BCUT2D eigenvalue weighted by molar-refractivity contribution is 5.99. The van der Waals surface area contributed by atoms with Crippen molar-refractivity contribution in [3.8, 4) is 11.3 Å². The van der Waals surface area contributed by atoms with Crippen molar-refractivity contribution in [1.82, 2.24) is 19.8 Å². The van der Waals surface area contributed by atoms with Gasteiger partial charge in [0.05, 0.1) is 17.9 Å². The number of amides is 1. The molecular weight excluding hydrogens is 520 g/mol. The number of benzene rings is 2. The van der Waals surface area contributed by atoms with Gasteiger partial charge >= 0.3 is 11.7 Å². The van der Waals surface area contributed by atoms with Crippen molar-refractivity contribution in [3.63, 3.8) is 0 Å². The zero-order valence-corrected chi connectivity index (χ0v) is 22.8. The number of carbonyl (C=O) groups is 2. The molecule has 3 aromatic rings. The Kier molecular flexibility index (Phi) is 9.70. The number of unbranched alkanes of at least 4 members (excludes halogenated alkanes) is 2. The van der Waals surface area contributed by atoms with E-state index in [4.69, 9.17) is 4.74 Å². The summed E-state index contributed by atoms with van der Waals surface area (Å²) in [6.45, 7) is 6.36. The van der Waals surface area contributed by atoms with Gasteiger partial charge in [0.1, 0.15) is 0 Å². The molecule has 0 bridgehead atoms. The third kappa shape index (κ3) is 6.59. The Balaban J connectivity index is 1.33. The number of imidazole rings is 1. The maximum absolute atomic E-state index is 14.0. The Hall–Kier alpha value is -3.99. The molecule has 2 aromatic carbocycles. The van der Waals surface area contributed by atoms with E-state index < -0.39 is 23.3 Å². The first-order valence-electron chi connectivity index (χ1n) is 13.6. The van der Waals surface area contributed by atoms with E-state index in [0.717, 1.165) is 63.4 Å². The van der Waals surface area contributed by atoms with Crippen molar-refractivity contribution in [2.45, 2.75) is 32.7 Å². The number of anilines is 1. The number of rotatable bonds is 11. The fourth-order valence-corrected chi connectivity index (χ4v) is 5.05. The van der Waals surface area contributed by atoms with Gasteiger partial charge in [0.2, 0.25) is 0 Å². The summed E-state index contributed by atoms with van der Waals surface area (Å²) in [6, 6.07) is 10.9. The van der Waals surface area contributed by atoms with Crippen LogP contribution in [0.1, 0.15) is 47.0 Å². The quantitative estimate of drug-likeness (QED) is 0.277. The van der Waals surface area contributed by atoms with Crippen molar-refractivity contribution < 1.29 is 23.1 Å². The van der Waals surface area contributed by atoms with Gasteiger partial charge in [-0.3, -0.25) is 19.2 Å². The second-order valence-electron chi connectivity index (χ2n) is 9.64. The van der Waals surface area contributed by atoms with Gasteiger partial charge in [-0.05, 0) is 56.6 Å². The molecule has 4 rings (SSSR count). The second-order valence-corrected chi connectivity index (χ2v) is 9.64. The minimum atomic E-state index is -1.07. The first-order chi connectivity index (χ1) is 19.3. The molecule has 214 valence electrons. The smallest absolute Gasteiger partial charge is 0.357 e. The normalized spacial score (nSPS) is 13.8. The second kappa shape index (κ2) is 13.4. The number of piperazine rings is 1. The van der Waals surface area contributed by atoms with Crippen LogP contribution in [0.15, 0.2) is 47.3 Å². The molecular formula is C29H35F2N5O4. The van der Waals surface area contributed by atoms with E-state index in [1.54, 1.807) is 14.0 Å². The average Bonchev–Trinajstić information content (AvgIpc) is 3.30. The van der Waals surface area contributed by atoms with Crippen LogP contribution in [-0.2, 0) is 11.3 Å². The van der Waals surface area contributed by atoms with Crippen LogP contribution in [-0.4, -0.2) is 72.7 Å². The topological polar surface area (TPSA) is 99.7 Å². The lowest BCUT2D eigenvalue weighted by Crippen LogP contribution is -2.47. The third-order valence-corrected chi connectivity index (χ3v) is 7.10. The highest BCUT2D eigenvalue weighted by atomic mass is 19.2. The van der Waals surface area contributed by atoms with Crippen molar-refractivity contribution in [2.24, 2.45) is 0 Å². The molecule has 1 fully saturated rings. The summed E-state index contributed by atoms with van der Waals surface area (Å²) in [5.41, 5.74) is 1.45. The molecule has 0 atom stereocenters. The number of ether oxygens (including phenoxy) is 1. The molecule has 0 spiro atoms. The van der Waals surface area contributed by atoms with E-state index in [-0.39, 0.29) is 29.5 Å². The summed E-state index contributed by atoms with van der Waals surface area (Å²) in [6.07, 6.45) is 2.42. The number of nitrogens with zero attached hydrogens (tertiary/aromatic N) is 3. The number of hydrogen-bond acceptors (Lipinski definition) is 6. The number of aromatic amines is 1. The lowest BCUT2D eigenvalue weighted by Gasteiger charge is -2.36. The summed E-state index contributed by atoms with van der Waals surface area (Å²) in [4.78, 5) is 44.6. The van der Waals surface area contributed by atoms with Crippen LogP contribution >= 0.6 is 0 Å². The molecule has 2 N–H and O–H groups in total. The molecule has 1 aliphatic rings. The Morgan fingerprint density at radius 2 is 1.70 bits per heavy atom. The van der Waals surface area contributed by atoms with Crippen molar-refractivity contribution >= 4 is 17.6 Å². The predicted octanol–water partition coefficient (Wildman–Crippen LogP) is 3.65. The molecule has 0 saturated carbocycles. The van der Waals surface area contributed by atoms with Gasteiger partial charge in [-0.2, -0.15) is 0 Å². The van der Waals surface area contributed by atoms with Gasteiger partial charge in [-0.15, -0.1) is 0 Å². The number of nitrogens with one attached hydrogen (secondary N) is 2. The van der Waals surface area contributed by atoms with E-state index in [1.165, 1.54) is 10.6 Å². The van der Waals surface area contributed by atoms with Gasteiger partial charge in [0, 0.05) is 51.0 Å². The summed E-state index contributed by atoms with van der Waals surface area (Å²) in [5.74, 6) is -2.90. The molecule has 9 nitrogen and oxygen atoms in total. The van der Waals surface area contributed by atoms with Gasteiger partial charge in [0.25, 0.3) is 5.91 Å². The molecule has 0 aliphatic carbocycles. The Morgan fingerprint density at radius 1 is 0.975 bits per heavy atom. The van der Waals surface area contributed by atoms with Gasteiger partial charge in [0.15, 0.2) is 17.3 Å². The maximum atomic E-state index is 14.0. The van der Waals surface area contributed by atoms with E-state index >= 15 is 0 Å². The lowest BCUT2D eigenvalue weighted by molar-refractivity contribution is 0.0520. The highest BCUT2D eigenvalue weighted by Gasteiger charge is 2.24. The summed E-state index contributed by atoms with van der Waals surface area (Å²) < 4.78 is 34.0. The Bertz CT molecular complexity index is 1400. The molecule has 2 heterocycles. The molecule has 1 aliphatic heterocycles. The molecule has 0 unspecified atom stereocenters. The standard InChI is InChI=1S/C29H35F2N5O4/c1-3-40-28(38)25-26(20-11-12-22(30)23(31)19-20)36(29(39)33-25)14-8-4-7-13-34-15-17-35(18-16-34)24-10-6-5-9-21(24)27(37)32-2/h5-6,9-12,19H,3-4,7-8,13-18H2,1-2H3,(H,32,37)(H,33,39). The molecule has 1 saturated heterocycles. The summed E-state index contributed by atoms with van der Waals surface area (Å²) in [5, 5.41) is 2.70. The van der Waals surface area contributed by atoms with Gasteiger partial charge in [-0.25, -0.2) is 18.4 Å².